The maximum Gasteiger partial charge on any atom is 0.170 e. The van der Waals surface area contributed by atoms with E-state index < -0.39 is 17.4 Å². The summed E-state index contributed by atoms with van der Waals surface area (Å²) in [6.07, 6.45) is -0.317. The minimum absolute atomic E-state index is 0.0496. The van der Waals surface area contributed by atoms with Crippen LogP contribution in [-0.2, 0) is 6.42 Å². The lowest BCUT2D eigenvalue weighted by Crippen LogP contribution is -2.08. The van der Waals surface area contributed by atoms with Crippen LogP contribution in [0.1, 0.15) is 15.9 Å². The SMILES string of the molecule is O=C(Cc1c(F)cccc1Cl)c1cccc(Cl)c1F. The third-order valence-electron chi connectivity index (χ3n) is 2.65. The molecule has 2 aromatic rings. The van der Waals surface area contributed by atoms with Gasteiger partial charge in [-0.25, -0.2) is 8.78 Å². The molecule has 0 aromatic heterocycles. The van der Waals surface area contributed by atoms with Gasteiger partial charge in [0.25, 0.3) is 0 Å². The molecule has 2 aromatic carbocycles. The largest absolute Gasteiger partial charge is 0.294 e. The Morgan fingerprint density at radius 3 is 2.32 bits per heavy atom. The molecule has 0 heterocycles. The van der Waals surface area contributed by atoms with Crippen molar-refractivity contribution >= 4 is 29.0 Å². The quantitative estimate of drug-likeness (QED) is 0.751. The van der Waals surface area contributed by atoms with Crippen LogP contribution in [0.3, 0.4) is 0 Å². The number of benzene rings is 2. The molecule has 19 heavy (non-hydrogen) atoms. The Kier molecular flexibility index (Phi) is 4.17. The number of hydrogen-bond donors (Lipinski definition) is 0. The van der Waals surface area contributed by atoms with E-state index in [4.69, 9.17) is 23.2 Å². The monoisotopic (exact) mass is 300 g/mol. The zero-order chi connectivity index (χ0) is 14.0. The van der Waals surface area contributed by atoms with Crippen LogP contribution in [0.15, 0.2) is 36.4 Å². The highest BCUT2D eigenvalue weighted by Crippen LogP contribution is 2.23. The first kappa shape index (κ1) is 14.0. The molecule has 0 aliphatic rings. The van der Waals surface area contributed by atoms with Crippen LogP contribution in [0, 0.1) is 11.6 Å². The second kappa shape index (κ2) is 5.68. The zero-order valence-corrected chi connectivity index (χ0v) is 11.1. The van der Waals surface area contributed by atoms with Gasteiger partial charge in [0, 0.05) is 17.0 Å². The molecule has 0 fully saturated rings. The molecule has 0 aliphatic heterocycles. The van der Waals surface area contributed by atoms with E-state index in [9.17, 15) is 13.6 Å². The first-order valence-electron chi connectivity index (χ1n) is 5.41. The van der Waals surface area contributed by atoms with Crippen molar-refractivity contribution in [2.45, 2.75) is 6.42 Å². The van der Waals surface area contributed by atoms with Crippen LogP contribution in [0.4, 0.5) is 8.78 Å². The van der Waals surface area contributed by atoms with E-state index in [0.29, 0.717) is 0 Å². The van der Waals surface area contributed by atoms with Gasteiger partial charge in [0.15, 0.2) is 11.6 Å². The summed E-state index contributed by atoms with van der Waals surface area (Å²) >= 11 is 11.4. The summed E-state index contributed by atoms with van der Waals surface area (Å²) in [5, 5.41) is -0.0127. The second-order valence-corrected chi connectivity index (χ2v) is 4.72. The minimum Gasteiger partial charge on any atom is -0.294 e. The first-order valence-corrected chi connectivity index (χ1v) is 6.16. The predicted octanol–water partition coefficient (Wildman–Crippen LogP) is 4.70. The van der Waals surface area contributed by atoms with Crippen LogP contribution < -0.4 is 0 Å². The minimum atomic E-state index is -0.804. The van der Waals surface area contributed by atoms with Gasteiger partial charge in [0.1, 0.15) is 5.82 Å². The molecule has 1 nitrogen and oxygen atoms in total. The molecule has 0 amide bonds. The summed E-state index contributed by atoms with van der Waals surface area (Å²) in [4.78, 5) is 12.0. The standard InChI is InChI=1S/C14H8Cl2F2O/c15-10-4-2-6-12(17)9(10)7-13(19)8-3-1-5-11(16)14(8)18/h1-6H,7H2. The van der Waals surface area contributed by atoms with Crippen molar-refractivity contribution in [1.29, 1.82) is 0 Å². The van der Waals surface area contributed by atoms with E-state index in [0.717, 1.165) is 0 Å². The molecule has 5 heteroatoms. The van der Waals surface area contributed by atoms with Crippen LogP contribution in [0.2, 0.25) is 10.0 Å². The number of carbonyl (C=O) groups excluding carboxylic acids is 1. The second-order valence-electron chi connectivity index (χ2n) is 3.90. The summed E-state index contributed by atoms with van der Waals surface area (Å²) in [6.45, 7) is 0. The highest BCUT2D eigenvalue weighted by Gasteiger charge is 2.17. The molecule has 0 saturated carbocycles. The zero-order valence-electron chi connectivity index (χ0n) is 9.59. The number of hydrogen-bond acceptors (Lipinski definition) is 1. The number of rotatable bonds is 3. The fourth-order valence-electron chi connectivity index (χ4n) is 1.68. The van der Waals surface area contributed by atoms with Crippen LogP contribution >= 0.6 is 23.2 Å². The molecule has 0 N–H and O–H groups in total. The van der Waals surface area contributed by atoms with Crippen molar-refractivity contribution in [3.63, 3.8) is 0 Å². The molecular weight excluding hydrogens is 293 g/mol. The lowest BCUT2D eigenvalue weighted by molar-refractivity contribution is 0.0988. The van der Waals surface area contributed by atoms with Crippen LogP contribution in [0.25, 0.3) is 0 Å². The van der Waals surface area contributed by atoms with E-state index in [1.807, 2.05) is 0 Å². The number of ketones is 1. The van der Waals surface area contributed by atoms with E-state index in [1.54, 1.807) is 0 Å². The summed E-state index contributed by atoms with van der Waals surface area (Å²) < 4.78 is 27.2. The van der Waals surface area contributed by atoms with Crippen LogP contribution in [-0.4, -0.2) is 5.78 Å². The fraction of sp³-hybridized carbons (Fsp3) is 0.0714. The summed E-state index contributed by atoms with van der Waals surface area (Å²) in [7, 11) is 0. The Hall–Kier alpha value is -1.45. The van der Waals surface area contributed by atoms with Gasteiger partial charge in [-0.15, -0.1) is 0 Å². The van der Waals surface area contributed by atoms with Crippen LogP contribution in [0.5, 0.6) is 0 Å². The third kappa shape index (κ3) is 2.94. The first-order chi connectivity index (χ1) is 9.00. The van der Waals surface area contributed by atoms with E-state index in [1.165, 1.54) is 36.4 Å². The Labute approximate surface area is 118 Å². The Morgan fingerprint density at radius 1 is 1.00 bits per heavy atom. The molecule has 2 rings (SSSR count). The molecule has 0 atom stereocenters. The number of Topliss-reactive ketones (excluding diaryl/α,β-unsaturated/α-hetero) is 1. The fourth-order valence-corrected chi connectivity index (χ4v) is 2.08. The average molecular weight is 301 g/mol. The van der Waals surface area contributed by atoms with Gasteiger partial charge < -0.3 is 0 Å². The lowest BCUT2D eigenvalue weighted by atomic mass is 10.0. The van der Waals surface area contributed by atoms with Crippen molar-refractivity contribution in [2.75, 3.05) is 0 Å². The molecule has 0 unspecified atom stereocenters. The van der Waals surface area contributed by atoms with Crippen molar-refractivity contribution < 1.29 is 13.6 Å². The topological polar surface area (TPSA) is 17.1 Å². The molecule has 0 aliphatic carbocycles. The summed E-state index contributed by atoms with van der Waals surface area (Å²) in [5.41, 5.74) is -0.125. The van der Waals surface area contributed by atoms with Crippen molar-refractivity contribution in [2.24, 2.45) is 0 Å². The average Bonchev–Trinajstić information content (AvgIpc) is 2.37. The third-order valence-corrected chi connectivity index (χ3v) is 3.30. The highest BCUT2D eigenvalue weighted by atomic mass is 35.5. The van der Waals surface area contributed by atoms with Gasteiger partial charge in [0.2, 0.25) is 0 Å². The Bertz CT molecular complexity index is 621. The summed E-state index contributed by atoms with van der Waals surface area (Å²) in [6, 6.07) is 8.21. The van der Waals surface area contributed by atoms with Gasteiger partial charge >= 0.3 is 0 Å². The molecule has 0 spiro atoms. The van der Waals surface area contributed by atoms with Gasteiger partial charge in [-0.2, -0.15) is 0 Å². The smallest absolute Gasteiger partial charge is 0.170 e. The predicted molar refractivity (Wildman–Crippen MR) is 70.9 cm³/mol. The van der Waals surface area contributed by atoms with Gasteiger partial charge in [0.05, 0.1) is 10.6 Å². The van der Waals surface area contributed by atoms with E-state index in [-0.39, 0.29) is 27.6 Å². The van der Waals surface area contributed by atoms with Gasteiger partial charge in [-0.1, -0.05) is 35.3 Å². The van der Waals surface area contributed by atoms with Crippen molar-refractivity contribution in [3.05, 3.63) is 69.2 Å². The van der Waals surface area contributed by atoms with E-state index in [2.05, 4.69) is 0 Å². The number of carbonyl (C=O) groups is 1. The van der Waals surface area contributed by atoms with Gasteiger partial charge in [-0.3, -0.25) is 4.79 Å². The normalized spacial score (nSPS) is 10.5. The van der Waals surface area contributed by atoms with Crippen molar-refractivity contribution in [3.8, 4) is 0 Å². The molecule has 0 bridgehead atoms. The molecule has 0 saturated heterocycles. The Morgan fingerprint density at radius 2 is 1.63 bits per heavy atom. The Balaban J connectivity index is 2.34. The lowest BCUT2D eigenvalue weighted by Gasteiger charge is -2.06. The maximum atomic E-state index is 13.7. The maximum absolute atomic E-state index is 13.7. The van der Waals surface area contributed by atoms with Crippen molar-refractivity contribution in [1.82, 2.24) is 0 Å². The van der Waals surface area contributed by atoms with E-state index >= 15 is 0 Å². The highest BCUT2D eigenvalue weighted by molar-refractivity contribution is 6.32. The van der Waals surface area contributed by atoms with Gasteiger partial charge in [-0.05, 0) is 24.3 Å². The molecular formula is C14H8Cl2F2O. The summed E-state index contributed by atoms with van der Waals surface area (Å²) in [5.74, 6) is -1.98. The molecule has 98 valence electrons. The number of halogens is 4. The molecule has 0 radical (unpaired) electrons.